The smallest absolute Gasteiger partial charge is 0.253 e. The van der Waals surface area contributed by atoms with Gasteiger partial charge in [-0.3, -0.25) is 4.79 Å². The van der Waals surface area contributed by atoms with Crippen molar-refractivity contribution in [1.29, 1.82) is 0 Å². The van der Waals surface area contributed by atoms with E-state index < -0.39 is 0 Å². The highest BCUT2D eigenvalue weighted by molar-refractivity contribution is 6.06. The standard InChI is InChI=1S/C19H21N3O2/c1-4-17(13-7-9-14(24-3)10-8-13)21-19(23)16-12-22(2)18-15(16)6-5-11-20-18/h5-12,17H,4H2,1-3H3,(H,21,23). The first-order chi connectivity index (χ1) is 11.6. The quantitative estimate of drug-likeness (QED) is 0.782. The molecule has 0 saturated carbocycles. The average Bonchev–Trinajstić information content (AvgIpc) is 2.97. The number of carbonyl (C=O) groups is 1. The number of amides is 1. The van der Waals surface area contributed by atoms with Crippen LogP contribution in [0.3, 0.4) is 0 Å². The Morgan fingerprint density at radius 1 is 1.29 bits per heavy atom. The highest BCUT2D eigenvalue weighted by atomic mass is 16.5. The van der Waals surface area contributed by atoms with Crippen molar-refractivity contribution in [3.05, 3.63) is 59.9 Å². The van der Waals surface area contributed by atoms with Crippen LogP contribution in [-0.4, -0.2) is 22.6 Å². The molecular formula is C19H21N3O2. The maximum absolute atomic E-state index is 12.8. The summed E-state index contributed by atoms with van der Waals surface area (Å²) >= 11 is 0. The van der Waals surface area contributed by atoms with Crippen molar-refractivity contribution in [2.45, 2.75) is 19.4 Å². The number of carbonyl (C=O) groups excluding carboxylic acids is 1. The second-order valence-corrected chi connectivity index (χ2v) is 5.74. The van der Waals surface area contributed by atoms with E-state index >= 15 is 0 Å². The number of ether oxygens (including phenoxy) is 1. The van der Waals surface area contributed by atoms with Crippen molar-refractivity contribution in [3.8, 4) is 5.75 Å². The molecule has 0 radical (unpaired) electrons. The fraction of sp³-hybridized carbons (Fsp3) is 0.263. The Bertz CT molecular complexity index is 853. The summed E-state index contributed by atoms with van der Waals surface area (Å²) in [7, 11) is 3.54. The third-order valence-electron chi connectivity index (χ3n) is 4.21. The third-order valence-corrected chi connectivity index (χ3v) is 4.21. The first-order valence-electron chi connectivity index (χ1n) is 7.99. The maximum Gasteiger partial charge on any atom is 0.253 e. The monoisotopic (exact) mass is 323 g/mol. The van der Waals surface area contributed by atoms with E-state index in [1.807, 2.05) is 54.2 Å². The first-order valence-corrected chi connectivity index (χ1v) is 7.99. The van der Waals surface area contributed by atoms with Crippen LogP contribution in [-0.2, 0) is 7.05 Å². The van der Waals surface area contributed by atoms with Crippen LogP contribution in [0.15, 0.2) is 48.8 Å². The Morgan fingerprint density at radius 2 is 2.04 bits per heavy atom. The molecule has 0 aliphatic rings. The van der Waals surface area contributed by atoms with E-state index in [4.69, 9.17) is 4.74 Å². The van der Waals surface area contributed by atoms with Crippen molar-refractivity contribution in [2.75, 3.05) is 7.11 Å². The van der Waals surface area contributed by atoms with Gasteiger partial charge in [0.15, 0.2) is 0 Å². The van der Waals surface area contributed by atoms with Gasteiger partial charge in [-0.2, -0.15) is 0 Å². The topological polar surface area (TPSA) is 56.2 Å². The molecule has 0 saturated heterocycles. The minimum absolute atomic E-state index is 0.0460. The van der Waals surface area contributed by atoms with E-state index in [1.165, 1.54) is 0 Å². The Labute approximate surface area is 141 Å². The summed E-state index contributed by atoms with van der Waals surface area (Å²) in [6.07, 6.45) is 4.37. The first kappa shape index (κ1) is 16.1. The fourth-order valence-corrected chi connectivity index (χ4v) is 2.89. The number of pyridine rings is 1. The number of hydrogen-bond acceptors (Lipinski definition) is 3. The van der Waals surface area contributed by atoms with Gasteiger partial charge in [0.1, 0.15) is 11.4 Å². The predicted octanol–water partition coefficient (Wildman–Crippen LogP) is 3.46. The number of hydrogen-bond donors (Lipinski definition) is 1. The zero-order valence-electron chi connectivity index (χ0n) is 14.1. The molecule has 5 nitrogen and oxygen atoms in total. The van der Waals surface area contributed by atoms with Gasteiger partial charge in [0, 0.05) is 24.8 Å². The lowest BCUT2D eigenvalue weighted by Gasteiger charge is -2.17. The van der Waals surface area contributed by atoms with E-state index in [0.29, 0.717) is 5.56 Å². The summed E-state index contributed by atoms with van der Waals surface area (Å²) in [6, 6.07) is 11.5. The summed E-state index contributed by atoms with van der Waals surface area (Å²) in [6.45, 7) is 2.06. The summed E-state index contributed by atoms with van der Waals surface area (Å²) < 4.78 is 7.06. The summed E-state index contributed by atoms with van der Waals surface area (Å²) in [5.74, 6) is 0.719. The number of methoxy groups -OCH3 is 1. The molecule has 1 atom stereocenters. The number of nitrogens with one attached hydrogen (secondary N) is 1. The summed E-state index contributed by atoms with van der Waals surface area (Å²) in [5, 5.41) is 3.98. The lowest BCUT2D eigenvalue weighted by molar-refractivity contribution is 0.0937. The van der Waals surface area contributed by atoms with Crippen molar-refractivity contribution in [1.82, 2.24) is 14.9 Å². The van der Waals surface area contributed by atoms with Gasteiger partial charge < -0.3 is 14.6 Å². The Balaban J connectivity index is 1.85. The fourth-order valence-electron chi connectivity index (χ4n) is 2.89. The molecule has 2 heterocycles. The highest BCUT2D eigenvalue weighted by Crippen LogP contribution is 2.23. The lowest BCUT2D eigenvalue weighted by atomic mass is 10.0. The van der Waals surface area contributed by atoms with E-state index in [-0.39, 0.29) is 11.9 Å². The summed E-state index contributed by atoms with van der Waals surface area (Å²) in [5.41, 5.74) is 2.51. The largest absolute Gasteiger partial charge is 0.497 e. The van der Waals surface area contributed by atoms with Crippen molar-refractivity contribution in [3.63, 3.8) is 0 Å². The maximum atomic E-state index is 12.8. The van der Waals surface area contributed by atoms with Crippen molar-refractivity contribution >= 4 is 16.9 Å². The van der Waals surface area contributed by atoms with Gasteiger partial charge in [0.25, 0.3) is 5.91 Å². The van der Waals surface area contributed by atoms with Gasteiger partial charge in [-0.15, -0.1) is 0 Å². The molecule has 1 aromatic carbocycles. The van der Waals surface area contributed by atoms with E-state index in [2.05, 4.69) is 17.2 Å². The molecule has 1 amide bonds. The molecule has 1 N–H and O–H groups in total. The molecule has 24 heavy (non-hydrogen) atoms. The molecule has 2 aromatic heterocycles. The molecule has 3 aromatic rings. The molecule has 3 rings (SSSR count). The molecule has 0 aliphatic heterocycles. The number of fused-ring (bicyclic) bond motifs is 1. The lowest BCUT2D eigenvalue weighted by Crippen LogP contribution is -2.28. The number of benzene rings is 1. The highest BCUT2D eigenvalue weighted by Gasteiger charge is 2.18. The molecule has 0 bridgehead atoms. The molecule has 0 spiro atoms. The van der Waals surface area contributed by atoms with Crippen LogP contribution in [0.4, 0.5) is 0 Å². The molecular weight excluding hydrogens is 302 g/mol. The molecule has 5 heteroatoms. The van der Waals surface area contributed by atoms with E-state index in [0.717, 1.165) is 28.8 Å². The predicted molar refractivity (Wildman–Crippen MR) is 94.2 cm³/mol. The summed E-state index contributed by atoms with van der Waals surface area (Å²) in [4.78, 5) is 17.1. The normalized spacial score (nSPS) is 12.1. The zero-order chi connectivity index (χ0) is 17.1. The second kappa shape index (κ2) is 6.74. The number of rotatable bonds is 5. The van der Waals surface area contributed by atoms with Crippen LogP contribution < -0.4 is 10.1 Å². The number of nitrogens with zero attached hydrogens (tertiary/aromatic N) is 2. The van der Waals surface area contributed by atoms with Gasteiger partial charge in [0.2, 0.25) is 0 Å². The van der Waals surface area contributed by atoms with E-state index in [1.54, 1.807) is 13.3 Å². The van der Waals surface area contributed by atoms with Gasteiger partial charge in [-0.1, -0.05) is 19.1 Å². The Hall–Kier alpha value is -2.82. The van der Waals surface area contributed by atoms with Gasteiger partial charge in [-0.05, 0) is 36.2 Å². The van der Waals surface area contributed by atoms with Crippen LogP contribution in [0, 0.1) is 0 Å². The second-order valence-electron chi connectivity index (χ2n) is 5.74. The zero-order valence-corrected chi connectivity index (χ0v) is 14.1. The van der Waals surface area contributed by atoms with Crippen molar-refractivity contribution < 1.29 is 9.53 Å². The van der Waals surface area contributed by atoms with Gasteiger partial charge in [-0.25, -0.2) is 4.98 Å². The van der Waals surface area contributed by atoms with Gasteiger partial charge >= 0.3 is 0 Å². The minimum Gasteiger partial charge on any atom is -0.497 e. The SMILES string of the molecule is CCC(NC(=O)c1cn(C)c2ncccc12)c1ccc(OC)cc1. The van der Waals surface area contributed by atoms with Gasteiger partial charge in [0.05, 0.1) is 18.7 Å². The molecule has 124 valence electrons. The molecule has 0 fully saturated rings. The number of aromatic nitrogens is 2. The number of aryl methyl sites for hydroxylation is 1. The average molecular weight is 323 g/mol. The molecule has 1 unspecified atom stereocenters. The third kappa shape index (κ3) is 2.97. The van der Waals surface area contributed by atoms with Crippen LogP contribution in [0.1, 0.15) is 35.3 Å². The minimum atomic E-state index is -0.0868. The van der Waals surface area contributed by atoms with Crippen molar-refractivity contribution in [2.24, 2.45) is 7.05 Å². The van der Waals surface area contributed by atoms with Crippen LogP contribution in [0.5, 0.6) is 5.75 Å². The van der Waals surface area contributed by atoms with Crippen LogP contribution >= 0.6 is 0 Å². The molecule has 0 aliphatic carbocycles. The van der Waals surface area contributed by atoms with Crippen LogP contribution in [0.2, 0.25) is 0 Å². The van der Waals surface area contributed by atoms with Crippen LogP contribution in [0.25, 0.3) is 11.0 Å². The Kier molecular flexibility index (Phi) is 4.51. The Morgan fingerprint density at radius 3 is 2.71 bits per heavy atom. The van der Waals surface area contributed by atoms with E-state index in [9.17, 15) is 4.79 Å².